The molecule has 2 amide bonds. The second-order valence-corrected chi connectivity index (χ2v) is 11.4. The highest BCUT2D eigenvalue weighted by Crippen LogP contribution is 2.34. The quantitative estimate of drug-likeness (QED) is 0.389. The molecule has 8 nitrogen and oxygen atoms in total. The topological polar surface area (TPSA) is 101 Å². The first kappa shape index (κ1) is 30.1. The molecule has 2 aromatic carbocycles. The Hall–Kier alpha value is -3.91. The zero-order valence-corrected chi connectivity index (χ0v) is 24.9. The Bertz CT molecular complexity index is 1350. The highest BCUT2D eigenvalue weighted by Gasteiger charge is 2.31. The van der Waals surface area contributed by atoms with Crippen LogP contribution in [-0.4, -0.2) is 67.1 Å². The second-order valence-electron chi connectivity index (χ2n) is 11.4. The molecule has 0 saturated carbocycles. The molecule has 2 heterocycles. The van der Waals surface area contributed by atoms with Crippen LogP contribution >= 0.6 is 0 Å². The molecule has 1 aliphatic rings. The lowest BCUT2D eigenvalue weighted by Crippen LogP contribution is -2.55. The third-order valence-corrected chi connectivity index (χ3v) is 7.58. The van der Waals surface area contributed by atoms with Crippen LogP contribution in [0.15, 0.2) is 60.8 Å². The van der Waals surface area contributed by atoms with E-state index in [9.17, 15) is 9.59 Å². The Morgan fingerprint density at radius 3 is 2.49 bits per heavy atom. The fraction of sp³-hybridized carbons (Fsp3) is 0.424. The van der Waals surface area contributed by atoms with Gasteiger partial charge >= 0.3 is 0 Å². The number of carbonyl (C=O) groups excluding carboxylic acids is 2. The summed E-state index contributed by atoms with van der Waals surface area (Å²) in [5, 5.41) is 2.94. The standard InChI is InChI=1S/C33H43N5O3/c1-6-26-22-37(32(40)23-10-13-25(14-11-23)33(3,4)5)19-20-38(26)29-15-12-24(21-28(29)30(39)35-18-16-34)27-9-8-17-36-31(27)41-7-2/h8-15,17,21,26H,6-7,16,18-20,22,34H2,1-5H3,(H,35,39)/t26-/m1/s1. The van der Waals surface area contributed by atoms with Crippen LogP contribution < -0.4 is 20.7 Å². The van der Waals surface area contributed by atoms with Crippen LogP contribution in [0.25, 0.3) is 11.1 Å². The Kier molecular flexibility index (Phi) is 9.65. The van der Waals surface area contributed by atoms with E-state index in [0.29, 0.717) is 56.3 Å². The zero-order chi connectivity index (χ0) is 29.6. The molecule has 8 heteroatoms. The van der Waals surface area contributed by atoms with Gasteiger partial charge in [-0.05, 0) is 66.3 Å². The van der Waals surface area contributed by atoms with Gasteiger partial charge in [0.25, 0.3) is 11.8 Å². The number of anilines is 1. The van der Waals surface area contributed by atoms with Crippen LogP contribution in [0.1, 0.15) is 67.3 Å². The predicted octanol–water partition coefficient (Wildman–Crippen LogP) is 4.87. The monoisotopic (exact) mass is 557 g/mol. The maximum Gasteiger partial charge on any atom is 0.253 e. The van der Waals surface area contributed by atoms with E-state index in [0.717, 1.165) is 23.2 Å². The fourth-order valence-electron chi connectivity index (χ4n) is 5.28. The first-order chi connectivity index (χ1) is 19.7. The highest BCUT2D eigenvalue weighted by atomic mass is 16.5. The van der Waals surface area contributed by atoms with Crippen molar-refractivity contribution >= 4 is 17.5 Å². The molecule has 3 N–H and O–H groups in total. The van der Waals surface area contributed by atoms with E-state index in [1.54, 1.807) is 6.20 Å². The lowest BCUT2D eigenvalue weighted by atomic mass is 9.86. The van der Waals surface area contributed by atoms with Crippen LogP contribution in [0.4, 0.5) is 5.69 Å². The number of ether oxygens (including phenoxy) is 1. The first-order valence-electron chi connectivity index (χ1n) is 14.5. The fourth-order valence-corrected chi connectivity index (χ4v) is 5.28. The van der Waals surface area contributed by atoms with E-state index in [4.69, 9.17) is 10.5 Å². The van der Waals surface area contributed by atoms with Crippen molar-refractivity contribution in [2.75, 3.05) is 44.2 Å². The van der Waals surface area contributed by atoms with Gasteiger partial charge in [0.05, 0.1) is 12.2 Å². The van der Waals surface area contributed by atoms with E-state index in [2.05, 4.69) is 42.9 Å². The van der Waals surface area contributed by atoms with E-state index in [1.165, 1.54) is 5.56 Å². The average molecular weight is 558 g/mol. The molecule has 0 aliphatic carbocycles. The lowest BCUT2D eigenvalue weighted by Gasteiger charge is -2.43. The number of hydrogen-bond donors (Lipinski definition) is 2. The van der Waals surface area contributed by atoms with Crippen LogP contribution in [0.2, 0.25) is 0 Å². The van der Waals surface area contributed by atoms with Crippen molar-refractivity contribution < 1.29 is 14.3 Å². The Morgan fingerprint density at radius 1 is 1.07 bits per heavy atom. The zero-order valence-electron chi connectivity index (χ0n) is 24.9. The summed E-state index contributed by atoms with van der Waals surface area (Å²) in [7, 11) is 0. The third-order valence-electron chi connectivity index (χ3n) is 7.58. The summed E-state index contributed by atoms with van der Waals surface area (Å²) in [6, 6.07) is 17.8. The number of hydrogen-bond acceptors (Lipinski definition) is 6. The van der Waals surface area contributed by atoms with Crippen molar-refractivity contribution in [2.45, 2.75) is 52.5 Å². The number of piperazine rings is 1. The van der Waals surface area contributed by atoms with E-state index < -0.39 is 0 Å². The van der Waals surface area contributed by atoms with Crippen LogP contribution in [0.3, 0.4) is 0 Å². The molecule has 0 spiro atoms. The smallest absolute Gasteiger partial charge is 0.253 e. The molecular formula is C33H43N5O3. The molecule has 1 fully saturated rings. The first-order valence-corrected chi connectivity index (χ1v) is 14.5. The molecule has 1 saturated heterocycles. The molecule has 1 aliphatic heterocycles. The Labute approximate surface area is 243 Å². The van der Waals surface area contributed by atoms with Gasteiger partial charge in [-0.1, -0.05) is 45.9 Å². The Balaban J connectivity index is 1.62. The molecule has 218 valence electrons. The summed E-state index contributed by atoms with van der Waals surface area (Å²) in [5.74, 6) is 0.395. The number of aromatic nitrogens is 1. The number of carbonyl (C=O) groups is 2. The largest absolute Gasteiger partial charge is 0.478 e. The summed E-state index contributed by atoms with van der Waals surface area (Å²) in [6.45, 7) is 13.5. The summed E-state index contributed by atoms with van der Waals surface area (Å²) < 4.78 is 5.76. The third kappa shape index (κ3) is 6.88. The molecule has 3 aromatic rings. The number of nitrogens with one attached hydrogen (secondary N) is 1. The van der Waals surface area contributed by atoms with Gasteiger partial charge in [0.2, 0.25) is 5.88 Å². The average Bonchev–Trinajstić information content (AvgIpc) is 2.99. The number of nitrogens with zero attached hydrogens (tertiary/aromatic N) is 3. The molecule has 0 bridgehead atoms. The van der Waals surface area contributed by atoms with Gasteiger partial charge in [0, 0.05) is 61.8 Å². The number of pyridine rings is 1. The van der Waals surface area contributed by atoms with Gasteiger partial charge in [-0.2, -0.15) is 0 Å². The maximum absolute atomic E-state index is 13.5. The van der Waals surface area contributed by atoms with Gasteiger partial charge < -0.3 is 25.6 Å². The predicted molar refractivity (Wildman–Crippen MR) is 165 cm³/mol. The van der Waals surface area contributed by atoms with E-state index >= 15 is 0 Å². The van der Waals surface area contributed by atoms with Crippen molar-refractivity contribution in [3.63, 3.8) is 0 Å². The molecule has 0 radical (unpaired) electrons. The number of benzene rings is 2. The minimum absolute atomic E-state index is 0.0336. The van der Waals surface area contributed by atoms with E-state index in [-0.39, 0.29) is 23.3 Å². The van der Waals surface area contributed by atoms with Gasteiger partial charge in [-0.3, -0.25) is 9.59 Å². The van der Waals surface area contributed by atoms with Crippen LogP contribution in [0, 0.1) is 0 Å². The SMILES string of the molecule is CCOc1ncccc1-c1ccc(N2CCN(C(=O)c3ccc(C(C)(C)C)cc3)C[C@H]2CC)c(C(=O)NCCN)c1. The summed E-state index contributed by atoms with van der Waals surface area (Å²) in [4.78, 5) is 35.4. The minimum atomic E-state index is -0.179. The summed E-state index contributed by atoms with van der Waals surface area (Å²) in [5.41, 5.74) is 10.7. The van der Waals surface area contributed by atoms with Crippen LogP contribution in [0.5, 0.6) is 5.88 Å². The van der Waals surface area contributed by atoms with Crippen molar-refractivity contribution in [3.05, 3.63) is 77.5 Å². The van der Waals surface area contributed by atoms with Crippen molar-refractivity contribution in [1.82, 2.24) is 15.2 Å². The molecule has 0 unspecified atom stereocenters. The molecule has 1 atom stereocenters. The molecule has 41 heavy (non-hydrogen) atoms. The van der Waals surface area contributed by atoms with Gasteiger partial charge in [-0.25, -0.2) is 4.98 Å². The number of amides is 2. The summed E-state index contributed by atoms with van der Waals surface area (Å²) in [6.07, 6.45) is 2.53. The van der Waals surface area contributed by atoms with Gasteiger partial charge in [-0.15, -0.1) is 0 Å². The minimum Gasteiger partial charge on any atom is -0.478 e. The molecule has 4 rings (SSSR count). The Morgan fingerprint density at radius 2 is 1.83 bits per heavy atom. The van der Waals surface area contributed by atoms with Crippen molar-refractivity contribution in [3.8, 4) is 17.0 Å². The number of nitrogens with two attached hydrogens (primary N) is 1. The second kappa shape index (κ2) is 13.2. The maximum atomic E-state index is 13.5. The van der Waals surface area contributed by atoms with Gasteiger partial charge in [0.15, 0.2) is 0 Å². The van der Waals surface area contributed by atoms with Gasteiger partial charge in [0.1, 0.15) is 0 Å². The number of rotatable bonds is 9. The molecule has 1 aromatic heterocycles. The normalized spacial score (nSPS) is 15.5. The summed E-state index contributed by atoms with van der Waals surface area (Å²) >= 11 is 0. The lowest BCUT2D eigenvalue weighted by molar-refractivity contribution is 0.0720. The highest BCUT2D eigenvalue weighted by molar-refractivity contribution is 6.01. The van der Waals surface area contributed by atoms with Crippen LogP contribution in [-0.2, 0) is 5.41 Å². The van der Waals surface area contributed by atoms with Crippen molar-refractivity contribution in [1.29, 1.82) is 0 Å². The van der Waals surface area contributed by atoms with E-state index in [1.807, 2.05) is 66.4 Å². The van der Waals surface area contributed by atoms with Crippen molar-refractivity contribution in [2.24, 2.45) is 5.73 Å². The molecular weight excluding hydrogens is 514 g/mol.